The highest BCUT2D eigenvalue weighted by molar-refractivity contribution is 5.77. The summed E-state index contributed by atoms with van der Waals surface area (Å²) in [5.74, 6) is 2.87. The molecule has 29 heavy (non-hydrogen) atoms. The van der Waals surface area contributed by atoms with Gasteiger partial charge in [0.25, 0.3) is 0 Å². The SMILES string of the molecule is CCOc1ccc2nc(C(C)c3ccc(OCCc4ccccc4)cc3)[nH]c2c1. The van der Waals surface area contributed by atoms with Crippen LogP contribution in [0.3, 0.4) is 0 Å². The van der Waals surface area contributed by atoms with Crippen molar-refractivity contribution in [3.05, 3.63) is 89.7 Å². The van der Waals surface area contributed by atoms with E-state index in [9.17, 15) is 0 Å². The van der Waals surface area contributed by atoms with Crippen molar-refractivity contribution in [1.29, 1.82) is 0 Å². The third-order valence-corrected chi connectivity index (χ3v) is 5.08. The Balaban J connectivity index is 1.41. The van der Waals surface area contributed by atoms with Gasteiger partial charge in [-0.05, 0) is 42.3 Å². The fraction of sp³-hybridized carbons (Fsp3) is 0.240. The Morgan fingerprint density at radius 1 is 0.897 bits per heavy atom. The van der Waals surface area contributed by atoms with Gasteiger partial charge in [0.15, 0.2) is 0 Å². The molecule has 148 valence electrons. The van der Waals surface area contributed by atoms with Crippen LogP contribution >= 0.6 is 0 Å². The average molecular weight is 386 g/mol. The van der Waals surface area contributed by atoms with Crippen LogP contribution in [0.5, 0.6) is 11.5 Å². The largest absolute Gasteiger partial charge is 0.494 e. The summed E-state index contributed by atoms with van der Waals surface area (Å²) in [4.78, 5) is 8.19. The first-order valence-corrected chi connectivity index (χ1v) is 10.1. The number of aromatic amines is 1. The van der Waals surface area contributed by atoms with Gasteiger partial charge in [0.1, 0.15) is 17.3 Å². The minimum atomic E-state index is 0.163. The van der Waals surface area contributed by atoms with Crippen molar-refractivity contribution in [3.8, 4) is 11.5 Å². The molecule has 0 radical (unpaired) electrons. The van der Waals surface area contributed by atoms with Crippen molar-refractivity contribution in [2.45, 2.75) is 26.2 Å². The standard InChI is InChI=1S/C25H26N2O2/c1-3-28-22-13-14-23-24(17-22)27-25(26-23)18(2)20-9-11-21(12-10-20)29-16-15-19-7-5-4-6-8-19/h4-14,17-18H,3,15-16H2,1-2H3,(H,26,27). The molecule has 0 aliphatic carbocycles. The molecule has 0 aliphatic heterocycles. The van der Waals surface area contributed by atoms with Crippen molar-refractivity contribution in [2.75, 3.05) is 13.2 Å². The normalized spacial score (nSPS) is 12.1. The van der Waals surface area contributed by atoms with Gasteiger partial charge in [0.2, 0.25) is 0 Å². The lowest BCUT2D eigenvalue weighted by atomic mass is 10.0. The molecule has 0 bridgehead atoms. The highest BCUT2D eigenvalue weighted by atomic mass is 16.5. The van der Waals surface area contributed by atoms with Crippen LogP contribution in [0, 0.1) is 0 Å². The van der Waals surface area contributed by atoms with Crippen LogP contribution in [0.4, 0.5) is 0 Å². The van der Waals surface area contributed by atoms with Gasteiger partial charge in [-0.1, -0.05) is 49.4 Å². The molecule has 4 rings (SSSR count). The summed E-state index contributed by atoms with van der Waals surface area (Å²) in [6.45, 7) is 5.47. The molecular formula is C25H26N2O2. The van der Waals surface area contributed by atoms with Crippen LogP contribution in [0.2, 0.25) is 0 Å². The maximum absolute atomic E-state index is 5.90. The lowest BCUT2D eigenvalue weighted by Gasteiger charge is -2.11. The van der Waals surface area contributed by atoms with E-state index in [-0.39, 0.29) is 5.92 Å². The number of benzene rings is 3. The molecule has 4 aromatic rings. The number of hydrogen-bond acceptors (Lipinski definition) is 3. The zero-order valence-electron chi connectivity index (χ0n) is 16.9. The third kappa shape index (κ3) is 4.60. The highest BCUT2D eigenvalue weighted by Crippen LogP contribution is 2.27. The molecule has 3 aromatic carbocycles. The molecule has 0 fully saturated rings. The van der Waals surface area contributed by atoms with E-state index in [1.807, 2.05) is 43.3 Å². The number of rotatable bonds is 8. The second-order valence-corrected chi connectivity index (χ2v) is 7.11. The second kappa shape index (κ2) is 8.82. The molecule has 0 saturated heterocycles. The van der Waals surface area contributed by atoms with Crippen molar-refractivity contribution in [1.82, 2.24) is 9.97 Å². The molecule has 4 heteroatoms. The lowest BCUT2D eigenvalue weighted by Crippen LogP contribution is -2.02. The summed E-state index contributed by atoms with van der Waals surface area (Å²) in [7, 11) is 0. The van der Waals surface area contributed by atoms with Crippen LogP contribution in [-0.4, -0.2) is 23.2 Å². The summed E-state index contributed by atoms with van der Waals surface area (Å²) < 4.78 is 11.5. The van der Waals surface area contributed by atoms with Crippen LogP contribution in [0.1, 0.15) is 36.7 Å². The average Bonchev–Trinajstić information content (AvgIpc) is 3.18. The number of nitrogens with one attached hydrogen (secondary N) is 1. The Morgan fingerprint density at radius 3 is 2.41 bits per heavy atom. The molecule has 1 N–H and O–H groups in total. The van der Waals surface area contributed by atoms with E-state index in [1.165, 1.54) is 11.1 Å². The van der Waals surface area contributed by atoms with Gasteiger partial charge in [0.05, 0.1) is 24.2 Å². The first-order chi connectivity index (χ1) is 14.2. The van der Waals surface area contributed by atoms with E-state index in [1.54, 1.807) is 0 Å². The van der Waals surface area contributed by atoms with Crippen LogP contribution in [0.15, 0.2) is 72.8 Å². The van der Waals surface area contributed by atoms with Gasteiger partial charge in [0, 0.05) is 18.4 Å². The zero-order chi connectivity index (χ0) is 20.1. The van der Waals surface area contributed by atoms with E-state index in [4.69, 9.17) is 14.5 Å². The summed E-state index contributed by atoms with van der Waals surface area (Å²) in [5.41, 5.74) is 4.44. The highest BCUT2D eigenvalue weighted by Gasteiger charge is 2.14. The van der Waals surface area contributed by atoms with Crippen molar-refractivity contribution >= 4 is 11.0 Å². The van der Waals surface area contributed by atoms with E-state index < -0.39 is 0 Å². The third-order valence-electron chi connectivity index (χ3n) is 5.08. The smallest absolute Gasteiger partial charge is 0.121 e. The van der Waals surface area contributed by atoms with Crippen molar-refractivity contribution in [3.63, 3.8) is 0 Å². The molecule has 4 nitrogen and oxygen atoms in total. The minimum Gasteiger partial charge on any atom is -0.494 e. The molecule has 1 unspecified atom stereocenters. The Hall–Kier alpha value is -3.27. The molecule has 1 heterocycles. The Labute approximate surface area is 171 Å². The number of ether oxygens (including phenoxy) is 2. The summed E-state index contributed by atoms with van der Waals surface area (Å²) >= 11 is 0. The number of imidazole rings is 1. The second-order valence-electron chi connectivity index (χ2n) is 7.11. The maximum Gasteiger partial charge on any atom is 0.121 e. The first kappa shape index (κ1) is 19.1. The molecule has 1 aromatic heterocycles. The number of hydrogen-bond donors (Lipinski definition) is 1. The summed E-state index contributed by atoms with van der Waals surface area (Å²) in [6, 6.07) is 24.7. The molecular weight excluding hydrogens is 360 g/mol. The molecule has 0 aliphatic rings. The lowest BCUT2D eigenvalue weighted by molar-refractivity contribution is 0.322. The Morgan fingerprint density at radius 2 is 1.66 bits per heavy atom. The number of H-pyrrole nitrogens is 1. The number of nitrogens with zero attached hydrogens (tertiary/aromatic N) is 1. The van der Waals surface area contributed by atoms with E-state index in [2.05, 4.69) is 48.3 Å². The molecule has 0 saturated carbocycles. The van der Waals surface area contributed by atoms with Crippen LogP contribution in [-0.2, 0) is 6.42 Å². The quantitative estimate of drug-likeness (QED) is 0.420. The van der Waals surface area contributed by atoms with Crippen LogP contribution in [0.25, 0.3) is 11.0 Å². The molecule has 1 atom stereocenters. The summed E-state index contributed by atoms with van der Waals surface area (Å²) in [5, 5.41) is 0. The fourth-order valence-corrected chi connectivity index (χ4v) is 3.41. The zero-order valence-corrected chi connectivity index (χ0v) is 16.9. The number of aromatic nitrogens is 2. The number of fused-ring (bicyclic) bond motifs is 1. The van der Waals surface area contributed by atoms with Gasteiger partial charge < -0.3 is 14.5 Å². The van der Waals surface area contributed by atoms with Crippen molar-refractivity contribution < 1.29 is 9.47 Å². The van der Waals surface area contributed by atoms with Crippen LogP contribution < -0.4 is 9.47 Å². The van der Waals surface area contributed by atoms with Gasteiger partial charge >= 0.3 is 0 Å². The van der Waals surface area contributed by atoms with Gasteiger partial charge in [-0.15, -0.1) is 0 Å². The van der Waals surface area contributed by atoms with Gasteiger partial charge in [-0.3, -0.25) is 0 Å². The van der Waals surface area contributed by atoms with E-state index >= 15 is 0 Å². The van der Waals surface area contributed by atoms with E-state index in [0.29, 0.717) is 13.2 Å². The summed E-state index contributed by atoms with van der Waals surface area (Å²) in [6.07, 6.45) is 0.904. The monoisotopic (exact) mass is 386 g/mol. The molecule has 0 amide bonds. The fourth-order valence-electron chi connectivity index (χ4n) is 3.41. The molecule has 0 spiro atoms. The maximum atomic E-state index is 5.90. The van der Waals surface area contributed by atoms with Crippen molar-refractivity contribution in [2.24, 2.45) is 0 Å². The topological polar surface area (TPSA) is 47.1 Å². The van der Waals surface area contributed by atoms with Gasteiger partial charge in [-0.25, -0.2) is 4.98 Å². The first-order valence-electron chi connectivity index (χ1n) is 10.1. The van der Waals surface area contributed by atoms with E-state index in [0.717, 1.165) is 34.8 Å². The minimum absolute atomic E-state index is 0.163. The Bertz CT molecular complexity index is 1060. The predicted molar refractivity (Wildman–Crippen MR) is 117 cm³/mol. The Kier molecular flexibility index (Phi) is 5.80. The predicted octanol–water partition coefficient (Wildman–Crippen LogP) is 5.73. The van der Waals surface area contributed by atoms with Gasteiger partial charge in [-0.2, -0.15) is 0 Å².